The first-order valence-electron chi connectivity index (χ1n) is 7.75. The summed E-state index contributed by atoms with van der Waals surface area (Å²) in [7, 11) is 4.92. The molecule has 0 spiro atoms. The Balaban J connectivity index is 2.48. The fourth-order valence-electron chi connectivity index (χ4n) is 2.56. The number of benzene rings is 2. The maximum atomic E-state index is 5.59. The molecular weight excluding hydrogens is 320 g/mol. The summed E-state index contributed by atoms with van der Waals surface area (Å²) >= 11 is 5.49. The lowest BCUT2D eigenvalue weighted by molar-refractivity contribution is 0.345. The van der Waals surface area contributed by atoms with Crippen LogP contribution in [0.5, 0.6) is 17.2 Å². The fourth-order valence-corrected chi connectivity index (χ4v) is 2.76. The molecule has 0 fully saturated rings. The van der Waals surface area contributed by atoms with E-state index in [0.717, 1.165) is 39.5 Å². The number of hydrogen-bond acceptors (Lipinski definition) is 4. The van der Waals surface area contributed by atoms with Gasteiger partial charge in [0, 0.05) is 10.4 Å². The van der Waals surface area contributed by atoms with Crippen LogP contribution < -0.4 is 14.2 Å². The van der Waals surface area contributed by atoms with Crippen molar-refractivity contribution in [2.75, 3.05) is 21.3 Å². The average molecular weight is 342 g/mol. The van der Waals surface area contributed by atoms with Crippen molar-refractivity contribution >= 4 is 23.2 Å². The zero-order valence-corrected chi connectivity index (χ0v) is 15.3. The van der Waals surface area contributed by atoms with E-state index >= 15 is 0 Å². The number of hydrogen-bond donors (Lipinski definition) is 0. The van der Waals surface area contributed by atoms with E-state index in [1.54, 1.807) is 21.3 Å². The lowest BCUT2D eigenvalue weighted by atomic mass is 10.0. The lowest BCUT2D eigenvalue weighted by Crippen LogP contribution is -2.01. The highest BCUT2D eigenvalue weighted by Crippen LogP contribution is 2.41. The molecule has 0 saturated heterocycles. The average Bonchev–Trinajstić information content (AvgIpc) is 2.65. The molecule has 0 aliphatic carbocycles. The Hall–Kier alpha value is -2.33. The van der Waals surface area contributed by atoms with Gasteiger partial charge in [-0.05, 0) is 30.2 Å². The van der Waals surface area contributed by atoms with Crippen molar-refractivity contribution < 1.29 is 14.2 Å². The molecule has 0 atom stereocenters. The summed E-state index contributed by atoms with van der Waals surface area (Å²) in [6.07, 6.45) is 4.62. The van der Waals surface area contributed by atoms with Crippen molar-refractivity contribution in [3.63, 3.8) is 0 Å². The molecule has 0 aromatic heterocycles. The Labute approximate surface area is 148 Å². The molecule has 126 valence electrons. The monoisotopic (exact) mass is 342 g/mol. The van der Waals surface area contributed by atoms with E-state index in [9.17, 15) is 0 Å². The normalized spacial score (nSPS) is 10.7. The molecule has 0 aliphatic rings. The molecule has 2 aromatic carbocycles. The summed E-state index contributed by atoms with van der Waals surface area (Å²) < 4.78 is 16.7. The smallest absolute Gasteiger partial charge is 0.171 e. The number of allylic oxidation sites excluding steroid dienone is 1. The molecule has 0 amide bonds. The Morgan fingerprint density at radius 1 is 1.00 bits per heavy atom. The summed E-state index contributed by atoms with van der Waals surface area (Å²) in [6, 6.07) is 11.9. The number of rotatable bonds is 7. The Morgan fingerprint density at radius 3 is 2.21 bits per heavy atom. The highest BCUT2D eigenvalue weighted by atomic mass is 32.1. The highest BCUT2D eigenvalue weighted by Gasteiger charge is 2.18. The van der Waals surface area contributed by atoms with Crippen LogP contribution in [0, 0.1) is 0 Å². The van der Waals surface area contributed by atoms with Gasteiger partial charge in [0.2, 0.25) is 0 Å². The van der Waals surface area contributed by atoms with E-state index in [4.69, 9.17) is 26.4 Å². The number of methoxy groups -OCH3 is 3. The van der Waals surface area contributed by atoms with Crippen LogP contribution in [0.15, 0.2) is 42.5 Å². The van der Waals surface area contributed by atoms with E-state index in [1.165, 1.54) is 0 Å². The third kappa shape index (κ3) is 3.77. The topological polar surface area (TPSA) is 27.7 Å². The zero-order valence-electron chi connectivity index (χ0n) is 14.5. The molecule has 0 radical (unpaired) electrons. The van der Waals surface area contributed by atoms with Crippen LogP contribution in [0.4, 0.5) is 0 Å². The van der Waals surface area contributed by atoms with Crippen LogP contribution in [0.2, 0.25) is 0 Å². The van der Waals surface area contributed by atoms with E-state index in [0.29, 0.717) is 5.75 Å². The van der Waals surface area contributed by atoms with Crippen molar-refractivity contribution in [3.05, 3.63) is 59.2 Å². The van der Waals surface area contributed by atoms with Gasteiger partial charge in [-0.25, -0.2) is 0 Å². The SMILES string of the molecule is CCc1cc(OC)c(C=CC(=S)c2ccccc2)c(OC)c1OC. The van der Waals surface area contributed by atoms with Crippen molar-refractivity contribution in [1.82, 2.24) is 0 Å². The van der Waals surface area contributed by atoms with Crippen LogP contribution in [0.25, 0.3) is 6.08 Å². The number of aryl methyl sites for hydroxylation is 1. The van der Waals surface area contributed by atoms with Crippen molar-refractivity contribution in [2.24, 2.45) is 0 Å². The Bertz CT molecular complexity index is 736. The number of ether oxygens (including phenoxy) is 3. The van der Waals surface area contributed by atoms with Gasteiger partial charge in [0.05, 0.1) is 26.9 Å². The van der Waals surface area contributed by atoms with E-state index in [-0.39, 0.29) is 0 Å². The van der Waals surface area contributed by atoms with Gasteiger partial charge >= 0.3 is 0 Å². The van der Waals surface area contributed by atoms with Gasteiger partial charge in [-0.3, -0.25) is 0 Å². The molecule has 0 bridgehead atoms. The maximum Gasteiger partial charge on any atom is 0.171 e. The molecular formula is C20H22O3S. The van der Waals surface area contributed by atoms with Gasteiger partial charge in [-0.1, -0.05) is 49.5 Å². The molecule has 0 N–H and O–H groups in total. The third-order valence-electron chi connectivity index (χ3n) is 3.78. The first-order valence-corrected chi connectivity index (χ1v) is 8.16. The van der Waals surface area contributed by atoms with Crippen LogP contribution >= 0.6 is 12.2 Å². The second-order valence-electron chi connectivity index (χ2n) is 5.14. The van der Waals surface area contributed by atoms with Gasteiger partial charge in [-0.2, -0.15) is 0 Å². The summed E-state index contributed by atoms with van der Waals surface area (Å²) in [4.78, 5) is 0.748. The minimum Gasteiger partial charge on any atom is -0.496 e. The van der Waals surface area contributed by atoms with Gasteiger partial charge < -0.3 is 14.2 Å². The third-order valence-corrected chi connectivity index (χ3v) is 4.15. The molecule has 24 heavy (non-hydrogen) atoms. The van der Waals surface area contributed by atoms with Gasteiger partial charge in [-0.15, -0.1) is 0 Å². The van der Waals surface area contributed by atoms with Gasteiger partial charge in [0.15, 0.2) is 11.5 Å². The van der Waals surface area contributed by atoms with E-state index in [2.05, 4.69) is 6.92 Å². The second kappa shape index (κ2) is 8.50. The molecule has 4 heteroatoms. The zero-order chi connectivity index (χ0) is 17.5. The lowest BCUT2D eigenvalue weighted by Gasteiger charge is -2.17. The molecule has 3 nitrogen and oxygen atoms in total. The largest absolute Gasteiger partial charge is 0.496 e. The predicted octanol–water partition coefficient (Wildman–Crippen LogP) is 4.71. The summed E-state index contributed by atoms with van der Waals surface area (Å²) in [6.45, 7) is 2.07. The fraction of sp³-hybridized carbons (Fsp3) is 0.250. The maximum absolute atomic E-state index is 5.59. The molecule has 2 rings (SSSR count). The van der Waals surface area contributed by atoms with Crippen molar-refractivity contribution in [1.29, 1.82) is 0 Å². The van der Waals surface area contributed by atoms with Crippen molar-refractivity contribution in [2.45, 2.75) is 13.3 Å². The predicted molar refractivity (Wildman–Crippen MR) is 103 cm³/mol. The van der Waals surface area contributed by atoms with Crippen LogP contribution in [-0.2, 0) is 6.42 Å². The Kier molecular flexibility index (Phi) is 6.38. The molecule has 0 heterocycles. The highest BCUT2D eigenvalue weighted by molar-refractivity contribution is 7.81. The minimum absolute atomic E-state index is 0.654. The van der Waals surface area contributed by atoms with Crippen LogP contribution in [-0.4, -0.2) is 26.2 Å². The van der Waals surface area contributed by atoms with E-state index < -0.39 is 0 Å². The van der Waals surface area contributed by atoms with E-state index in [1.807, 2.05) is 48.6 Å². The standard InChI is InChI=1S/C20H22O3S/c1-5-14-13-17(21-2)16(20(23-4)19(14)22-3)11-12-18(24)15-9-7-6-8-10-15/h6-13H,5H2,1-4H3. The summed E-state index contributed by atoms with van der Waals surface area (Å²) in [5.41, 5.74) is 2.85. The summed E-state index contributed by atoms with van der Waals surface area (Å²) in [5, 5.41) is 0. The first-order chi connectivity index (χ1) is 11.7. The van der Waals surface area contributed by atoms with Gasteiger partial charge in [0.25, 0.3) is 0 Å². The first kappa shape index (κ1) is 18.0. The second-order valence-corrected chi connectivity index (χ2v) is 5.58. The van der Waals surface area contributed by atoms with Gasteiger partial charge in [0.1, 0.15) is 5.75 Å². The molecule has 0 unspecified atom stereocenters. The number of thiocarbonyl (C=S) groups is 1. The van der Waals surface area contributed by atoms with Crippen LogP contribution in [0.3, 0.4) is 0 Å². The molecule has 2 aromatic rings. The molecule has 0 aliphatic heterocycles. The van der Waals surface area contributed by atoms with Crippen molar-refractivity contribution in [3.8, 4) is 17.2 Å². The summed E-state index contributed by atoms with van der Waals surface area (Å²) in [5.74, 6) is 2.11. The quantitative estimate of drug-likeness (QED) is 0.414. The minimum atomic E-state index is 0.654. The van der Waals surface area contributed by atoms with Crippen LogP contribution in [0.1, 0.15) is 23.6 Å². The molecule has 0 saturated carbocycles. The Morgan fingerprint density at radius 2 is 1.67 bits per heavy atom.